The van der Waals surface area contributed by atoms with E-state index in [4.69, 9.17) is 4.74 Å². The summed E-state index contributed by atoms with van der Waals surface area (Å²) in [4.78, 5) is 4.65. The summed E-state index contributed by atoms with van der Waals surface area (Å²) in [6.45, 7) is 10.2. The van der Waals surface area contributed by atoms with Crippen LogP contribution in [0.1, 0.15) is 43.9 Å². The van der Waals surface area contributed by atoms with Crippen molar-refractivity contribution in [2.24, 2.45) is 12.0 Å². The summed E-state index contributed by atoms with van der Waals surface area (Å²) in [7, 11) is 1.95. The van der Waals surface area contributed by atoms with Gasteiger partial charge in [0.25, 0.3) is 0 Å². The number of aliphatic imine (C=N–C) groups is 1. The average molecular weight is 500 g/mol. The minimum absolute atomic E-state index is 0. The Kier molecular flexibility index (Phi) is 10.9. The highest BCUT2D eigenvalue weighted by atomic mass is 127. The van der Waals surface area contributed by atoms with Crippen molar-refractivity contribution in [3.05, 3.63) is 41.5 Å². The first-order valence-corrected chi connectivity index (χ1v) is 9.60. The second kappa shape index (κ2) is 12.6. The number of hydrogen-bond acceptors (Lipinski definition) is 4. The molecule has 0 spiro atoms. The number of benzene rings is 1. The van der Waals surface area contributed by atoms with E-state index in [1.165, 1.54) is 5.56 Å². The third kappa shape index (κ3) is 8.04. The minimum atomic E-state index is 0. The fraction of sp³-hybridized carbons (Fsp3) is 0.550. The summed E-state index contributed by atoms with van der Waals surface area (Å²) >= 11 is 0. The number of hydrogen-bond donors (Lipinski definition) is 2. The number of aromatic nitrogens is 3. The number of ether oxygens (including phenoxy) is 1. The van der Waals surface area contributed by atoms with Gasteiger partial charge in [-0.3, -0.25) is 0 Å². The van der Waals surface area contributed by atoms with Crippen molar-refractivity contribution in [2.45, 2.75) is 53.2 Å². The molecule has 1 aromatic heterocycles. The first-order chi connectivity index (χ1) is 13.0. The predicted molar refractivity (Wildman–Crippen MR) is 124 cm³/mol. The van der Waals surface area contributed by atoms with Crippen LogP contribution in [-0.4, -0.2) is 39.9 Å². The molecule has 1 aromatic carbocycles. The first-order valence-electron chi connectivity index (χ1n) is 9.60. The van der Waals surface area contributed by atoms with Gasteiger partial charge in [-0.1, -0.05) is 25.5 Å². The van der Waals surface area contributed by atoms with Crippen LogP contribution in [0.3, 0.4) is 0 Å². The lowest BCUT2D eigenvalue weighted by molar-refractivity contribution is 0.223. The van der Waals surface area contributed by atoms with Gasteiger partial charge in [0, 0.05) is 13.6 Å². The monoisotopic (exact) mass is 500 g/mol. The zero-order valence-electron chi connectivity index (χ0n) is 17.5. The maximum absolute atomic E-state index is 5.98. The molecule has 0 aliphatic rings. The fourth-order valence-corrected chi connectivity index (χ4v) is 2.50. The summed E-state index contributed by atoms with van der Waals surface area (Å²) in [6.07, 6.45) is 2.25. The second-order valence-corrected chi connectivity index (χ2v) is 6.79. The molecule has 0 fully saturated rings. The first kappa shape index (κ1) is 24.2. The van der Waals surface area contributed by atoms with Crippen LogP contribution >= 0.6 is 24.0 Å². The van der Waals surface area contributed by atoms with Gasteiger partial charge < -0.3 is 19.9 Å². The number of guanidine groups is 1. The van der Waals surface area contributed by atoms with Gasteiger partial charge >= 0.3 is 0 Å². The molecule has 1 atom stereocenters. The third-order valence-electron chi connectivity index (χ3n) is 4.27. The molecule has 0 amide bonds. The van der Waals surface area contributed by atoms with Crippen LogP contribution in [-0.2, 0) is 13.6 Å². The van der Waals surface area contributed by atoms with Crippen molar-refractivity contribution in [1.29, 1.82) is 0 Å². The Morgan fingerprint density at radius 2 is 2.04 bits per heavy atom. The molecule has 7 nitrogen and oxygen atoms in total. The number of unbranched alkanes of at least 4 members (excludes halogenated alkanes) is 1. The molecule has 156 valence electrons. The Hall–Kier alpha value is -1.84. The lowest BCUT2D eigenvalue weighted by atomic mass is 10.2. The molecule has 0 aliphatic carbocycles. The van der Waals surface area contributed by atoms with Crippen molar-refractivity contribution in [3.63, 3.8) is 0 Å². The second-order valence-electron chi connectivity index (χ2n) is 6.79. The Morgan fingerprint density at radius 1 is 1.25 bits per heavy atom. The molecule has 0 aliphatic heterocycles. The zero-order valence-corrected chi connectivity index (χ0v) is 19.9. The summed E-state index contributed by atoms with van der Waals surface area (Å²) in [5.74, 6) is 3.38. The van der Waals surface area contributed by atoms with Crippen LogP contribution in [0.25, 0.3) is 0 Å². The molecule has 8 heteroatoms. The van der Waals surface area contributed by atoms with Gasteiger partial charge in [-0.15, -0.1) is 34.2 Å². The van der Waals surface area contributed by atoms with Gasteiger partial charge in [-0.25, -0.2) is 4.99 Å². The number of rotatable bonds is 9. The minimum Gasteiger partial charge on any atom is -0.489 e. The highest BCUT2D eigenvalue weighted by molar-refractivity contribution is 14.0. The highest BCUT2D eigenvalue weighted by Crippen LogP contribution is 2.13. The van der Waals surface area contributed by atoms with E-state index in [-0.39, 0.29) is 30.1 Å². The number of nitrogens with zero attached hydrogens (tertiary/aromatic N) is 4. The van der Waals surface area contributed by atoms with Crippen molar-refractivity contribution < 1.29 is 4.74 Å². The number of aryl methyl sites for hydroxylation is 2. The van der Waals surface area contributed by atoms with Gasteiger partial charge in [-0.05, 0) is 44.9 Å². The van der Waals surface area contributed by atoms with E-state index in [9.17, 15) is 0 Å². The van der Waals surface area contributed by atoms with Gasteiger partial charge in [-0.2, -0.15) is 0 Å². The Bertz CT molecular complexity index is 746. The molecule has 2 N–H and O–H groups in total. The van der Waals surface area contributed by atoms with Crippen LogP contribution in [0.15, 0.2) is 29.3 Å². The van der Waals surface area contributed by atoms with Gasteiger partial charge in [0.05, 0.1) is 6.54 Å². The van der Waals surface area contributed by atoms with Crippen molar-refractivity contribution >= 4 is 29.9 Å². The zero-order chi connectivity index (χ0) is 19.6. The Labute approximate surface area is 185 Å². The standard InChI is InChI=1S/C20H32N6O.HI/c1-6-7-11-21-20(23-14-19-25-24-17(4)26(19)5)22-13-16(3)27-18-10-8-9-15(2)12-18;/h8-10,12,16H,6-7,11,13-14H2,1-5H3,(H2,21,22,23);1H. The number of nitrogens with one attached hydrogen (secondary N) is 2. The average Bonchev–Trinajstić information content (AvgIpc) is 2.95. The summed E-state index contributed by atoms with van der Waals surface area (Å²) in [5, 5.41) is 15.0. The molecular formula is C20H33IN6O. The van der Waals surface area contributed by atoms with Crippen LogP contribution in [0.4, 0.5) is 0 Å². The molecular weight excluding hydrogens is 467 g/mol. The normalized spacial score (nSPS) is 12.2. The Balaban J connectivity index is 0.00000392. The van der Waals surface area contributed by atoms with Crippen LogP contribution < -0.4 is 15.4 Å². The van der Waals surface area contributed by atoms with Crippen molar-refractivity contribution in [2.75, 3.05) is 13.1 Å². The SMILES string of the molecule is CCCCNC(=NCc1nnc(C)n1C)NCC(C)Oc1cccc(C)c1.I. The summed E-state index contributed by atoms with van der Waals surface area (Å²) in [5.41, 5.74) is 1.19. The van der Waals surface area contributed by atoms with Crippen LogP contribution in [0.5, 0.6) is 5.75 Å². The van der Waals surface area contributed by atoms with Crippen molar-refractivity contribution in [1.82, 2.24) is 25.4 Å². The van der Waals surface area contributed by atoms with E-state index >= 15 is 0 Å². The smallest absolute Gasteiger partial charge is 0.191 e. The highest BCUT2D eigenvalue weighted by Gasteiger charge is 2.08. The van der Waals surface area contributed by atoms with E-state index in [2.05, 4.69) is 45.7 Å². The molecule has 1 unspecified atom stereocenters. The van der Waals surface area contributed by atoms with Gasteiger partial charge in [0.2, 0.25) is 0 Å². The lowest BCUT2D eigenvalue weighted by Gasteiger charge is -2.18. The number of halogens is 1. The molecule has 0 radical (unpaired) electrons. The Morgan fingerprint density at radius 3 is 2.68 bits per heavy atom. The molecule has 1 heterocycles. The molecule has 2 rings (SSSR count). The molecule has 0 bridgehead atoms. The topological polar surface area (TPSA) is 76.4 Å². The quantitative estimate of drug-likeness (QED) is 0.239. The van der Waals surface area contributed by atoms with Crippen LogP contribution in [0.2, 0.25) is 0 Å². The lowest BCUT2D eigenvalue weighted by Crippen LogP contribution is -2.42. The van der Waals surface area contributed by atoms with Crippen LogP contribution in [0, 0.1) is 13.8 Å². The largest absolute Gasteiger partial charge is 0.489 e. The van der Waals surface area contributed by atoms with E-state index in [1.54, 1.807) is 0 Å². The van der Waals surface area contributed by atoms with Gasteiger partial charge in [0.1, 0.15) is 24.2 Å². The van der Waals surface area contributed by atoms with E-state index in [0.717, 1.165) is 42.7 Å². The van der Waals surface area contributed by atoms with E-state index in [0.29, 0.717) is 13.1 Å². The molecule has 28 heavy (non-hydrogen) atoms. The molecule has 0 saturated carbocycles. The predicted octanol–water partition coefficient (Wildman–Crippen LogP) is 3.35. The summed E-state index contributed by atoms with van der Waals surface area (Å²) in [6, 6.07) is 8.09. The van der Waals surface area contributed by atoms with Crippen molar-refractivity contribution in [3.8, 4) is 5.75 Å². The maximum atomic E-state index is 5.98. The molecule has 2 aromatic rings. The fourth-order valence-electron chi connectivity index (χ4n) is 2.50. The molecule has 0 saturated heterocycles. The van der Waals surface area contributed by atoms with E-state index in [1.807, 2.05) is 43.7 Å². The third-order valence-corrected chi connectivity index (χ3v) is 4.27. The van der Waals surface area contributed by atoms with Gasteiger partial charge in [0.15, 0.2) is 11.8 Å². The maximum Gasteiger partial charge on any atom is 0.191 e. The van der Waals surface area contributed by atoms with E-state index < -0.39 is 0 Å². The summed E-state index contributed by atoms with van der Waals surface area (Å²) < 4.78 is 7.94.